The fourth-order valence-corrected chi connectivity index (χ4v) is 8.08. The lowest BCUT2D eigenvalue weighted by Gasteiger charge is -2.26. The van der Waals surface area contributed by atoms with E-state index in [0.29, 0.717) is 24.0 Å². The summed E-state index contributed by atoms with van der Waals surface area (Å²) in [5, 5.41) is 4.18. The van der Waals surface area contributed by atoms with Gasteiger partial charge in [-0.2, -0.15) is 0 Å². The van der Waals surface area contributed by atoms with Crippen molar-refractivity contribution in [3.8, 4) is 34.2 Å². The number of nitrogens with zero attached hydrogens (tertiary/aromatic N) is 4. The average Bonchev–Trinajstić information content (AvgIpc) is 3.88. The SMILES string of the molecule is C=C/C=C\C=C/CCN1C/C=C\C(c2cccc3c2oc2c(-c4nc(-c5ccccc5)nc(-c5ccccc5)n4)cccc23)=C/C(=C)c2cc3oc4ccccc4c3cc21. The molecule has 6 nitrogen and oxygen atoms in total. The van der Waals surface area contributed by atoms with Crippen LogP contribution in [-0.2, 0) is 0 Å². The molecule has 0 saturated heterocycles. The maximum Gasteiger partial charge on any atom is 0.167 e. The molecule has 4 heterocycles. The van der Waals surface area contributed by atoms with Crippen molar-refractivity contribution in [2.24, 2.45) is 0 Å². The molecule has 0 spiro atoms. The minimum Gasteiger partial charge on any atom is -0.456 e. The van der Waals surface area contributed by atoms with Crippen LogP contribution in [0.2, 0.25) is 0 Å². The van der Waals surface area contributed by atoms with Crippen molar-refractivity contribution in [1.82, 2.24) is 15.0 Å². The third kappa shape index (κ3) is 6.84. The Balaban J connectivity index is 1.10. The molecule has 1 aliphatic heterocycles. The molecule has 6 aromatic carbocycles. The number of hydrogen-bond acceptors (Lipinski definition) is 6. The summed E-state index contributed by atoms with van der Waals surface area (Å²) in [6, 6.07) is 45.2. The first kappa shape index (κ1) is 36.5. The van der Waals surface area contributed by atoms with E-state index in [-0.39, 0.29) is 0 Å². The van der Waals surface area contributed by atoms with Crippen molar-refractivity contribution in [3.63, 3.8) is 0 Å². The van der Waals surface area contributed by atoms with Crippen LogP contribution in [0.3, 0.4) is 0 Å². The third-order valence-corrected chi connectivity index (χ3v) is 11.0. The van der Waals surface area contributed by atoms with E-state index < -0.39 is 0 Å². The first-order valence-corrected chi connectivity index (χ1v) is 20.2. The Hall–Kier alpha value is -7.83. The minimum absolute atomic E-state index is 0.545. The second-order valence-corrected chi connectivity index (χ2v) is 14.8. The number of anilines is 1. The summed E-state index contributed by atoms with van der Waals surface area (Å²) in [7, 11) is 0. The normalized spacial score (nSPS) is 14.8. The fourth-order valence-electron chi connectivity index (χ4n) is 8.08. The largest absolute Gasteiger partial charge is 0.456 e. The van der Waals surface area contributed by atoms with Crippen LogP contribution in [0.15, 0.2) is 204 Å². The molecule has 60 heavy (non-hydrogen) atoms. The fraction of sp³-hybridized carbons (Fsp3) is 0.0556. The molecule has 1 aliphatic rings. The lowest BCUT2D eigenvalue weighted by atomic mass is 9.96. The Bertz CT molecular complexity index is 3160. The maximum absolute atomic E-state index is 6.98. The highest BCUT2D eigenvalue weighted by Crippen LogP contribution is 2.42. The van der Waals surface area contributed by atoms with Crippen molar-refractivity contribution in [1.29, 1.82) is 0 Å². The number of para-hydroxylation sites is 3. The van der Waals surface area contributed by atoms with E-state index in [2.05, 4.69) is 97.0 Å². The Morgan fingerprint density at radius 2 is 1.23 bits per heavy atom. The number of allylic oxidation sites excluding steroid dienone is 8. The van der Waals surface area contributed by atoms with E-state index in [4.69, 9.17) is 23.8 Å². The van der Waals surface area contributed by atoms with E-state index in [1.54, 1.807) is 6.08 Å². The van der Waals surface area contributed by atoms with Crippen LogP contribution in [0.25, 0.3) is 89.2 Å². The average molecular weight is 777 g/mol. The number of furan rings is 2. The van der Waals surface area contributed by atoms with Gasteiger partial charge in [0.15, 0.2) is 17.5 Å². The number of benzene rings is 6. The maximum atomic E-state index is 6.98. The summed E-state index contributed by atoms with van der Waals surface area (Å²) < 4.78 is 13.4. The first-order chi connectivity index (χ1) is 29.6. The van der Waals surface area contributed by atoms with E-state index >= 15 is 0 Å². The zero-order valence-electron chi connectivity index (χ0n) is 33.0. The molecule has 0 amide bonds. The Labute approximate surface area is 348 Å². The van der Waals surface area contributed by atoms with Gasteiger partial charge in [-0.3, -0.25) is 0 Å². The molecule has 0 fully saturated rings. The van der Waals surface area contributed by atoms with Gasteiger partial charge in [-0.1, -0.05) is 165 Å². The highest BCUT2D eigenvalue weighted by Gasteiger charge is 2.22. The molecule has 9 aromatic rings. The second-order valence-electron chi connectivity index (χ2n) is 14.8. The Morgan fingerprint density at radius 1 is 0.583 bits per heavy atom. The van der Waals surface area contributed by atoms with Gasteiger partial charge >= 0.3 is 0 Å². The van der Waals surface area contributed by atoms with Gasteiger partial charge < -0.3 is 13.7 Å². The molecule has 3 aromatic heterocycles. The Kier molecular flexibility index (Phi) is 9.64. The third-order valence-electron chi connectivity index (χ3n) is 11.0. The molecule has 0 N–H and O–H groups in total. The molecule has 6 heteroatoms. The van der Waals surface area contributed by atoms with Crippen molar-refractivity contribution >= 4 is 60.7 Å². The van der Waals surface area contributed by atoms with Gasteiger partial charge in [0.2, 0.25) is 0 Å². The quantitative estimate of drug-likeness (QED) is 0.136. The lowest BCUT2D eigenvalue weighted by molar-refractivity contribution is 0.668. The topological polar surface area (TPSA) is 68.2 Å². The second kappa shape index (κ2) is 15.8. The molecule has 0 bridgehead atoms. The van der Waals surface area contributed by atoms with E-state index in [9.17, 15) is 0 Å². The molecule has 0 saturated carbocycles. The molecule has 288 valence electrons. The summed E-state index contributed by atoms with van der Waals surface area (Å²) in [5.41, 5.74) is 10.8. The van der Waals surface area contributed by atoms with Gasteiger partial charge in [-0.05, 0) is 47.9 Å². The zero-order chi connectivity index (χ0) is 40.4. The number of hydrogen-bond donors (Lipinski definition) is 0. The van der Waals surface area contributed by atoms with Crippen LogP contribution in [0.1, 0.15) is 17.5 Å². The monoisotopic (exact) mass is 776 g/mol. The molecule has 0 radical (unpaired) electrons. The predicted molar refractivity (Wildman–Crippen MR) is 249 cm³/mol. The van der Waals surface area contributed by atoms with Crippen molar-refractivity contribution in [2.45, 2.75) is 6.42 Å². The summed E-state index contributed by atoms with van der Waals surface area (Å²) in [5.74, 6) is 1.74. The van der Waals surface area contributed by atoms with Crippen molar-refractivity contribution in [3.05, 3.63) is 206 Å². The molecule has 0 aliphatic carbocycles. The van der Waals surface area contributed by atoms with E-state index in [1.165, 1.54) is 0 Å². The number of aromatic nitrogens is 3. The highest BCUT2D eigenvalue weighted by atomic mass is 16.3. The molecule has 10 rings (SSSR count). The molecular formula is C54H40N4O2. The lowest BCUT2D eigenvalue weighted by Crippen LogP contribution is -2.25. The van der Waals surface area contributed by atoms with Gasteiger partial charge in [-0.15, -0.1) is 0 Å². The van der Waals surface area contributed by atoms with Gasteiger partial charge in [0.05, 0.1) is 5.56 Å². The van der Waals surface area contributed by atoms with Crippen LogP contribution in [0.5, 0.6) is 0 Å². The number of rotatable bonds is 9. The molecule has 0 atom stereocenters. The van der Waals surface area contributed by atoms with E-state index in [1.807, 2.05) is 97.1 Å². The summed E-state index contributed by atoms with van der Waals surface area (Å²) in [6.07, 6.45) is 17.5. The van der Waals surface area contributed by atoms with Gasteiger partial charge in [0.1, 0.15) is 22.3 Å². The van der Waals surface area contributed by atoms with Crippen molar-refractivity contribution in [2.75, 3.05) is 18.0 Å². The summed E-state index contributed by atoms with van der Waals surface area (Å²) in [6.45, 7) is 9.97. The van der Waals surface area contributed by atoms with Crippen LogP contribution in [0.4, 0.5) is 5.69 Å². The predicted octanol–water partition coefficient (Wildman–Crippen LogP) is 13.8. The highest BCUT2D eigenvalue weighted by molar-refractivity contribution is 6.13. The van der Waals surface area contributed by atoms with Crippen LogP contribution < -0.4 is 4.90 Å². The van der Waals surface area contributed by atoms with Crippen molar-refractivity contribution < 1.29 is 8.83 Å². The van der Waals surface area contributed by atoms with E-state index in [0.717, 1.165) is 101 Å². The van der Waals surface area contributed by atoms with Crippen LogP contribution in [0, 0.1) is 0 Å². The standard InChI is InChI=1S/C54H40N4O2/c1-3-4-5-6-7-16-31-58-32-19-24-39(33-36(2)45-35-49-46(34-47(45)58)41-25-14-15-30-48(41)59-49)40-26-17-27-42-43-28-18-29-44(51(43)60-50(40)42)54-56-52(37-20-10-8-11-21-37)55-53(57-54)38-22-12-9-13-23-38/h3-15,17-30,33-35H,1-2,16,31-32H2/b5-4-,7-6-,24-19-,39-33+. The van der Waals surface area contributed by atoms with Gasteiger partial charge in [0, 0.05) is 62.6 Å². The summed E-state index contributed by atoms with van der Waals surface area (Å²) in [4.78, 5) is 17.4. The smallest absolute Gasteiger partial charge is 0.167 e. The van der Waals surface area contributed by atoms with Gasteiger partial charge in [-0.25, -0.2) is 15.0 Å². The first-order valence-electron chi connectivity index (χ1n) is 20.2. The van der Waals surface area contributed by atoms with Gasteiger partial charge in [0.25, 0.3) is 0 Å². The molecule has 0 unspecified atom stereocenters. The van der Waals surface area contributed by atoms with Crippen LogP contribution >= 0.6 is 0 Å². The molecular weight excluding hydrogens is 737 g/mol. The summed E-state index contributed by atoms with van der Waals surface area (Å²) >= 11 is 0. The minimum atomic E-state index is 0.545. The Morgan fingerprint density at radius 3 is 1.97 bits per heavy atom. The zero-order valence-corrected chi connectivity index (χ0v) is 33.0. The number of fused-ring (bicyclic) bond motifs is 7. The van der Waals surface area contributed by atoms with Crippen LogP contribution in [-0.4, -0.2) is 28.0 Å².